The Balaban J connectivity index is 1.49. The molecule has 3 rings (SSSR count). The van der Waals surface area contributed by atoms with Crippen LogP contribution in [0.15, 0.2) is 24.3 Å². The number of nitrogens with one attached hydrogen (secondary N) is 1. The van der Waals surface area contributed by atoms with Crippen LogP contribution in [0.2, 0.25) is 0 Å². The highest BCUT2D eigenvalue weighted by Crippen LogP contribution is 2.33. The molecule has 1 N–H and O–H groups in total. The van der Waals surface area contributed by atoms with E-state index in [1.54, 1.807) is 0 Å². The first-order valence-corrected chi connectivity index (χ1v) is 8.61. The van der Waals surface area contributed by atoms with Gasteiger partial charge in [-0.25, -0.2) is 0 Å². The van der Waals surface area contributed by atoms with Crippen LogP contribution in [0, 0.1) is 0 Å². The van der Waals surface area contributed by atoms with Crippen molar-refractivity contribution in [2.24, 2.45) is 0 Å². The third-order valence-electron chi connectivity index (χ3n) is 5.31. The molecule has 0 radical (unpaired) electrons. The fourth-order valence-corrected chi connectivity index (χ4v) is 4.01. The number of hydrogen-bond acceptors (Lipinski definition) is 3. The number of hydrogen-bond donors (Lipinski definition) is 1. The normalized spacial score (nSPS) is 25.3. The quantitative estimate of drug-likeness (QED) is 0.868. The van der Waals surface area contributed by atoms with Crippen molar-refractivity contribution in [3.63, 3.8) is 0 Å². The van der Waals surface area contributed by atoms with Crippen molar-refractivity contribution in [1.29, 1.82) is 0 Å². The first-order chi connectivity index (χ1) is 10.3. The highest BCUT2D eigenvalue weighted by molar-refractivity contribution is 5.57. The number of likely N-dealkylation sites (N-methyl/N-ethyl adjacent to an activating group) is 1. The zero-order valence-electron chi connectivity index (χ0n) is 13.5. The summed E-state index contributed by atoms with van der Waals surface area (Å²) in [4.78, 5) is 5.29. The van der Waals surface area contributed by atoms with Crippen LogP contribution in [0.4, 0.5) is 5.69 Å². The predicted molar refractivity (Wildman–Crippen MR) is 90.1 cm³/mol. The number of anilines is 1. The largest absolute Gasteiger partial charge is 0.384 e. The average molecular weight is 287 g/mol. The molecule has 2 unspecified atom stereocenters. The Bertz CT molecular complexity index is 456. The van der Waals surface area contributed by atoms with E-state index in [0.717, 1.165) is 12.6 Å². The van der Waals surface area contributed by atoms with E-state index in [1.807, 2.05) is 0 Å². The zero-order valence-corrected chi connectivity index (χ0v) is 13.5. The summed E-state index contributed by atoms with van der Waals surface area (Å²) in [6.07, 6.45) is 2.64. The molecule has 3 heteroatoms. The third-order valence-corrected chi connectivity index (χ3v) is 5.31. The standard InChI is InChI=1S/C18H29N3/c1-3-21(4-2)16-10-12-20(14-16)11-9-15-13-19-18-8-6-5-7-17(15)18/h5-8,15-16,19H,3-4,9-14H2,1-2H3. The van der Waals surface area contributed by atoms with Gasteiger partial charge in [-0.2, -0.15) is 0 Å². The Kier molecular flexibility index (Phi) is 4.81. The Morgan fingerprint density at radius 3 is 2.86 bits per heavy atom. The molecule has 0 aromatic heterocycles. The molecule has 3 nitrogen and oxygen atoms in total. The number of fused-ring (bicyclic) bond motifs is 1. The van der Waals surface area contributed by atoms with E-state index in [9.17, 15) is 0 Å². The lowest BCUT2D eigenvalue weighted by Crippen LogP contribution is -2.37. The molecule has 0 spiro atoms. The lowest BCUT2D eigenvalue weighted by Gasteiger charge is -2.26. The monoisotopic (exact) mass is 287 g/mol. The first kappa shape index (κ1) is 14.9. The van der Waals surface area contributed by atoms with Crippen LogP contribution in [0.5, 0.6) is 0 Å². The molecule has 2 atom stereocenters. The smallest absolute Gasteiger partial charge is 0.0376 e. The van der Waals surface area contributed by atoms with Crippen LogP contribution in [0.25, 0.3) is 0 Å². The predicted octanol–water partition coefficient (Wildman–Crippen LogP) is 3.00. The third kappa shape index (κ3) is 3.24. The van der Waals surface area contributed by atoms with Gasteiger partial charge in [0.25, 0.3) is 0 Å². The SMILES string of the molecule is CCN(CC)C1CCN(CCC2CNc3ccccc32)C1. The summed E-state index contributed by atoms with van der Waals surface area (Å²) < 4.78 is 0. The first-order valence-electron chi connectivity index (χ1n) is 8.61. The molecule has 0 bridgehead atoms. The van der Waals surface area contributed by atoms with Gasteiger partial charge in [-0.1, -0.05) is 32.0 Å². The van der Waals surface area contributed by atoms with Crippen molar-refractivity contribution >= 4 is 5.69 Å². The van der Waals surface area contributed by atoms with Gasteiger partial charge >= 0.3 is 0 Å². The maximum Gasteiger partial charge on any atom is 0.0376 e. The van der Waals surface area contributed by atoms with Crippen LogP contribution in [0.1, 0.15) is 38.2 Å². The number of para-hydroxylation sites is 1. The van der Waals surface area contributed by atoms with Crippen LogP contribution >= 0.6 is 0 Å². The van der Waals surface area contributed by atoms with Gasteiger partial charge in [-0.3, -0.25) is 4.90 Å². The van der Waals surface area contributed by atoms with Crippen molar-refractivity contribution in [1.82, 2.24) is 9.80 Å². The van der Waals surface area contributed by atoms with Crippen molar-refractivity contribution in [2.75, 3.05) is 44.6 Å². The summed E-state index contributed by atoms with van der Waals surface area (Å²) >= 11 is 0. The van der Waals surface area contributed by atoms with Crippen LogP contribution in [-0.2, 0) is 0 Å². The van der Waals surface area contributed by atoms with Gasteiger partial charge in [0.2, 0.25) is 0 Å². The van der Waals surface area contributed by atoms with E-state index < -0.39 is 0 Å². The Morgan fingerprint density at radius 2 is 2.05 bits per heavy atom. The van der Waals surface area contributed by atoms with Gasteiger partial charge in [0.15, 0.2) is 0 Å². The second kappa shape index (κ2) is 6.80. The molecule has 1 aromatic carbocycles. The van der Waals surface area contributed by atoms with Crippen LogP contribution < -0.4 is 5.32 Å². The van der Waals surface area contributed by atoms with E-state index in [0.29, 0.717) is 5.92 Å². The Morgan fingerprint density at radius 1 is 1.24 bits per heavy atom. The molecule has 2 aliphatic heterocycles. The maximum atomic E-state index is 3.54. The minimum atomic E-state index is 0.703. The molecule has 2 heterocycles. The second-order valence-corrected chi connectivity index (χ2v) is 6.42. The number of nitrogens with zero attached hydrogens (tertiary/aromatic N) is 2. The number of likely N-dealkylation sites (tertiary alicyclic amines) is 1. The van der Waals surface area contributed by atoms with Gasteiger partial charge in [0.05, 0.1) is 0 Å². The van der Waals surface area contributed by atoms with E-state index in [1.165, 1.54) is 56.8 Å². The minimum Gasteiger partial charge on any atom is -0.384 e. The van der Waals surface area contributed by atoms with Gasteiger partial charge < -0.3 is 10.2 Å². The summed E-state index contributed by atoms with van der Waals surface area (Å²) in [5.74, 6) is 0.703. The zero-order chi connectivity index (χ0) is 14.7. The summed E-state index contributed by atoms with van der Waals surface area (Å²) in [6.45, 7) is 11.9. The van der Waals surface area contributed by atoms with Crippen molar-refractivity contribution in [3.8, 4) is 0 Å². The fourth-order valence-electron chi connectivity index (χ4n) is 4.01. The van der Waals surface area contributed by atoms with Crippen molar-refractivity contribution in [3.05, 3.63) is 29.8 Å². The molecule has 1 aromatic rings. The molecule has 2 aliphatic rings. The fraction of sp³-hybridized carbons (Fsp3) is 0.667. The number of benzene rings is 1. The van der Waals surface area contributed by atoms with Gasteiger partial charge in [0.1, 0.15) is 0 Å². The summed E-state index contributed by atoms with van der Waals surface area (Å²) in [5.41, 5.74) is 2.88. The van der Waals surface area contributed by atoms with Gasteiger partial charge in [-0.15, -0.1) is 0 Å². The molecular formula is C18H29N3. The maximum absolute atomic E-state index is 3.54. The summed E-state index contributed by atoms with van der Waals surface area (Å²) in [5, 5.41) is 3.54. The molecular weight excluding hydrogens is 258 g/mol. The lowest BCUT2D eigenvalue weighted by molar-refractivity contribution is 0.209. The average Bonchev–Trinajstić information content (AvgIpc) is 3.13. The van der Waals surface area contributed by atoms with Gasteiger partial charge in [0, 0.05) is 30.7 Å². The Labute approximate surface area is 129 Å². The van der Waals surface area contributed by atoms with E-state index in [2.05, 4.69) is 53.2 Å². The second-order valence-electron chi connectivity index (χ2n) is 6.42. The van der Waals surface area contributed by atoms with Crippen LogP contribution in [0.3, 0.4) is 0 Å². The van der Waals surface area contributed by atoms with E-state index >= 15 is 0 Å². The van der Waals surface area contributed by atoms with E-state index in [-0.39, 0.29) is 0 Å². The molecule has 0 saturated carbocycles. The van der Waals surface area contributed by atoms with Crippen molar-refractivity contribution < 1.29 is 0 Å². The van der Waals surface area contributed by atoms with Gasteiger partial charge in [-0.05, 0) is 50.7 Å². The van der Waals surface area contributed by atoms with Crippen LogP contribution in [-0.4, -0.2) is 55.1 Å². The molecule has 0 aliphatic carbocycles. The minimum absolute atomic E-state index is 0.703. The molecule has 1 saturated heterocycles. The highest BCUT2D eigenvalue weighted by Gasteiger charge is 2.27. The molecule has 1 fully saturated rings. The topological polar surface area (TPSA) is 18.5 Å². The number of rotatable bonds is 6. The molecule has 116 valence electrons. The molecule has 0 amide bonds. The summed E-state index contributed by atoms with van der Waals surface area (Å²) in [6, 6.07) is 9.59. The Hall–Kier alpha value is -1.06. The van der Waals surface area contributed by atoms with Crippen molar-refractivity contribution in [2.45, 2.75) is 38.6 Å². The highest BCUT2D eigenvalue weighted by atomic mass is 15.2. The molecule has 21 heavy (non-hydrogen) atoms. The van der Waals surface area contributed by atoms with E-state index in [4.69, 9.17) is 0 Å². The summed E-state index contributed by atoms with van der Waals surface area (Å²) in [7, 11) is 0. The lowest BCUT2D eigenvalue weighted by atomic mass is 9.98.